The van der Waals surface area contributed by atoms with Gasteiger partial charge in [-0.05, 0) is 31.0 Å². The van der Waals surface area contributed by atoms with Gasteiger partial charge in [0.15, 0.2) is 0 Å². The second kappa shape index (κ2) is 5.28. The van der Waals surface area contributed by atoms with Gasteiger partial charge in [0.1, 0.15) is 6.04 Å². The summed E-state index contributed by atoms with van der Waals surface area (Å²) in [6, 6.07) is 4.20. The predicted molar refractivity (Wildman–Crippen MR) is 70.8 cm³/mol. The summed E-state index contributed by atoms with van der Waals surface area (Å²) in [5.74, 6) is -1.29. The molecule has 1 atom stereocenters. The van der Waals surface area contributed by atoms with Gasteiger partial charge in [-0.3, -0.25) is 4.79 Å². The molecule has 1 N–H and O–H groups in total. The molecule has 2 rings (SSSR count). The van der Waals surface area contributed by atoms with Gasteiger partial charge in [-0.2, -0.15) is 0 Å². The zero-order valence-corrected chi connectivity index (χ0v) is 11.7. The minimum absolute atomic E-state index is 0.322. The lowest BCUT2D eigenvalue weighted by Crippen LogP contribution is -2.40. The molecule has 0 aromatic heterocycles. The Morgan fingerprint density at radius 2 is 2.17 bits per heavy atom. The second-order valence-electron chi connectivity index (χ2n) is 4.12. The number of nitrogens with zero attached hydrogens (tertiary/aromatic N) is 1. The van der Waals surface area contributed by atoms with Gasteiger partial charge in [-0.25, -0.2) is 4.79 Å². The Labute approximate surface area is 118 Å². The van der Waals surface area contributed by atoms with Crippen LogP contribution in [0.5, 0.6) is 0 Å². The summed E-state index contributed by atoms with van der Waals surface area (Å²) >= 11 is 9.27. The number of hydrogen-bond donors (Lipinski definition) is 1. The van der Waals surface area contributed by atoms with Crippen molar-refractivity contribution in [1.82, 2.24) is 4.90 Å². The van der Waals surface area contributed by atoms with Crippen LogP contribution in [0.15, 0.2) is 22.7 Å². The highest BCUT2D eigenvalue weighted by atomic mass is 79.9. The van der Waals surface area contributed by atoms with Crippen molar-refractivity contribution in [2.45, 2.75) is 18.9 Å². The summed E-state index contributed by atoms with van der Waals surface area (Å²) in [5.41, 5.74) is 0.341. The molecule has 0 saturated carbocycles. The van der Waals surface area contributed by atoms with E-state index in [-0.39, 0.29) is 5.91 Å². The number of carboxylic acids is 1. The lowest BCUT2D eigenvalue weighted by atomic mass is 10.1. The summed E-state index contributed by atoms with van der Waals surface area (Å²) in [6.45, 7) is 0.461. The molecular formula is C12H11BrClNO3. The molecule has 0 spiro atoms. The Morgan fingerprint density at radius 1 is 1.44 bits per heavy atom. The maximum Gasteiger partial charge on any atom is 0.326 e. The fourth-order valence-electron chi connectivity index (χ4n) is 2.08. The molecule has 1 heterocycles. The number of hydrogen-bond acceptors (Lipinski definition) is 2. The predicted octanol–water partition coefficient (Wildman–Crippen LogP) is 2.79. The first-order valence-corrected chi connectivity index (χ1v) is 6.66. The topological polar surface area (TPSA) is 57.6 Å². The molecule has 18 heavy (non-hydrogen) atoms. The number of halogens is 2. The zero-order chi connectivity index (χ0) is 13.3. The molecular weight excluding hydrogens is 321 g/mol. The van der Waals surface area contributed by atoms with Crippen molar-refractivity contribution in [2.75, 3.05) is 6.54 Å². The van der Waals surface area contributed by atoms with E-state index in [1.807, 2.05) is 0 Å². The summed E-state index contributed by atoms with van der Waals surface area (Å²) in [6.07, 6.45) is 1.20. The highest BCUT2D eigenvalue weighted by Gasteiger charge is 2.34. The van der Waals surface area contributed by atoms with E-state index in [9.17, 15) is 9.59 Å². The quantitative estimate of drug-likeness (QED) is 0.906. The largest absolute Gasteiger partial charge is 0.480 e. The van der Waals surface area contributed by atoms with E-state index in [1.165, 1.54) is 4.90 Å². The Bertz CT molecular complexity index is 506. The minimum atomic E-state index is -0.964. The molecule has 0 radical (unpaired) electrons. The van der Waals surface area contributed by atoms with Crippen LogP contribution in [0.1, 0.15) is 23.2 Å². The molecule has 1 aliphatic heterocycles. The number of amides is 1. The zero-order valence-electron chi connectivity index (χ0n) is 9.40. The third kappa shape index (κ3) is 2.52. The van der Waals surface area contributed by atoms with E-state index in [0.717, 1.165) is 4.47 Å². The van der Waals surface area contributed by atoms with Crippen LogP contribution >= 0.6 is 27.5 Å². The van der Waals surface area contributed by atoms with Crippen LogP contribution in [0, 0.1) is 0 Å². The number of carbonyl (C=O) groups is 2. The Hall–Kier alpha value is -1.07. The van der Waals surface area contributed by atoms with Crippen LogP contribution in [0.3, 0.4) is 0 Å². The van der Waals surface area contributed by atoms with Crippen LogP contribution in [0.2, 0.25) is 5.02 Å². The Kier molecular flexibility index (Phi) is 3.92. The molecule has 1 aromatic rings. The molecule has 1 saturated heterocycles. The number of carbonyl (C=O) groups excluding carboxylic acids is 1. The SMILES string of the molecule is O=C(O)[C@@H]1CCCN1C(=O)c1ccc(Br)cc1Cl. The molecule has 1 amide bonds. The van der Waals surface area contributed by atoms with E-state index >= 15 is 0 Å². The van der Waals surface area contributed by atoms with Gasteiger partial charge in [-0.1, -0.05) is 27.5 Å². The van der Waals surface area contributed by atoms with E-state index < -0.39 is 12.0 Å². The molecule has 4 nitrogen and oxygen atoms in total. The average molecular weight is 333 g/mol. The number of likely N-dealkylation sites (tertiary alicyclic amines) is 1. The van der Waals surface area contributed by atoms with Gasteiger partial charge in [0.25, 0.3) is 5.91 Å². The van der Waals surface area contributed by atoms with Gasteiger partial charge in [0.05, 0.1) is 10.6 Å². The van der Waals surface area contributed by atoms with Crippen LogP contribution < -0.4 is 0 Å². The molecule has 96 valence electrons. The standard InChI is InChI=1S/C12H11BrClNO3/c13-7-3-4-8(9(14)6-7)11(16)15-5-1-2-10(15)12(17)18/h3-4,6,10H,1-2,5H2,(H,17,18)/t10-/m0/s1. The first-order valence-electron chi connectivity index (χ1n) is 5.49. The van der Waals surface area contributed by atoms with Crippen LogP contribution in [-0.4, -0.2) is 34.5 Å². The van der Waals surface area contributed by atoms with Crippen molar-refractivity contribution < 1.29 is 14.7 Å². The van der Waals surface area contributed by atoms with Crippen molar-refractivity contribution in [3.8, 4) is 0 Å². The Morgan fingerprint density at radius 3 is 2.78 bits per heavy atom. The first kappa shape index (κ1) is 13.4. The summed E-state index contributed by atoms with van der Waals surface area (Å²) in [7, 11) is 0. The van der Waals surface area contributed by atoms with Gasteiger partial charge in [0.2, 0.25) is 0 Å². The smallest absolute Gasteiger partial charge is 0.326 e. The van der Waals surface area contributed by atoms with Gasteiger partial charge < -0.3 is 10.0 Å². The number of benzene rings is 1. The van der Waals surface area contributed by atoms with Crippen LogP contribution in [-0.2, 0) is 4.79 Å². The Balaban J connectivity index is 2.28. The summed E-state index contributed by atoms with van der Waals surface area (Å²) in [4.78, 5) is 24.7. The highest BCUT2D eigenvalue weighted by molar-refractivity contribution is 9.10. The van der Waals surface area contributed by atoms with Gasteiger partial charge >= 0.3 is 5.97 Å². The summed E-state index contributed by atoms with van der Waals surface area (Å²) in [5, 5.41) is 9.38. The molecule has 1 aliphatic rings. The van der Waals surface area contributed by atoms with Crippen molar-refractivity contribution in [3.05, 3.63) is 33.3 Å². The third-order valence-electron chi connectivity index (χ3n) is 2.96. The number of aliphatic carboxylic acids is 1. The first-order chi connectivity index (χ1) is 8.50. The van der Waals surface area contributed by atoms with Gasteiger partial charge in [-0.15, -0.1) is 0 Å². The second-order valence-corrected chi connectivity index (χ2v) is 5.44. The molecule has 1 aromatic carbocycles. The highest BCUT2D eigenvalue weighted by Crippen LogP contribution is 2.26. The van der Waals surface area contributed by atoms with Crippen molar-refractivity contribution in [2.24, 2.45) is 0 Å². The van der Waals surface area contributed by atoms with E-state index in [2.05, 4.69) is 15.9 Å². The lowest BCUT2D eigenvalue weighted by molar-refractivity contribution is -0.141. The lowest BCUT2D eigenvalue weighted by Gasteiger charge is -2.21. The minimum Gasteiger partial charge on any atom is -0.480 e. The molecule has 0 bridgehead atoms. The van der Waals surface area contributed by atoms with E-state index in [0.29, 0.717) is 30.0 Å². The third-order valence-corrected chi connectivity index (χ3v) is 3.77. The molecule has 0 aliphatic carbocycles. The van der Waals surface area contributed by atoms with Gasteiger partial charge in [0, 0.05) is 11.0 Å². The molecule has 1 fully saturated rings. The monoisotopic (exact) mass is 331 g/mol. The maximum absolute atomic E-state index is 12.3. The normalized spacial score (nSPS) is 19.0. The van der Waals surface area contributed by atoms with E-state index in [4.69, 9.17) is 16.7 Å². The van der Waals surface area contributed by atoms with Crippen molar-refractivity contribution >= 4 is 39.4 Å². The fraction of sp³-hybridized carbons (Fsp3) is 0.333. The molecule has 6 heteroatoms. The van der Waals surface area contributed by atoms with Crippen molar-refractivity contribution in [3.63, 3.8) is 0 Å². The average Bonchev–Trinajstić information content (AvgIpc) is 2.77. The van der Waals surface area contributed by atoms with E-state index in [1.54, 1.807) is 18.2 Å². The number of carboxylic acid groups (broad SMARTS) is 1. The fourth-order valence-corrected chi connectivity index (χ4v) is 2.84. The molecule has 0 unspecified atom stereocenters. The van der Waals surface area contributed by atoms with Crippen molar-refractivity contribution in [1.29, 1.82) is 0 Å². The maximum atomic E-state index is 12.3. The van der Waals surface area contributed by atoms with Crippen LogP contribution in [0.4, 0.5) is 0 Å². The number of rotatable bonds is 2. The summed E-state index contributed by atoms with van der Waals surface area (Å²) < 4.78 is 0.778. The van der Waals surface area contributed by atoms with Crippen LogP contribution in [0.25, 0.3) is 0 Å².